The molecule has 0 radical (unpaired) electrons. The monoisotopic (exact) mass is 268 g/mol. The quantitative estimate of drug-likeness (QED) is 0.206. The number of nitrogens with two attached hydrogens (primary N) is 1. The molecule has 1 unspecified atom stereocenters. The number of carboxylic acid groups (broad SMARTS) is 1. The van der Waals surface area contributed by atoms with Crippen LogP contribution in [0.1, 0.15) is 6.42 Å². The Hall–Kier alpha value is -1.30. The first-order chi connectivity index (χ1) is 8.43. The average Bonchev–Trinajstić information content (AvgIpc) is 2.27. The standard InChI is InChI=1S/C8H16N2O8/c9-6(8(12)13)5-7(11)17-3-1-16-2-4-18-10(14)15/h6,14-15H,1-5,9H2,(H,12,13). The number of aliphatic carboxylic acids is 1. The molecule has 0 saturated heterocycles. The van der Waals surface area contributed by atoms with Crippen molar-refractivity contribution >= 4 is 11.9 Å². The second kappa shape index (κ2) is 9.70. The molecular formula is C8H16N2O8. The summed E-state index contributed by atoms with van der Waals surface area (Å²) in [7, 11) is 0. The number of hydrogen-bond donors (Lipinski definition) is 4. The van der Waals surface area contributed by atoms with Crippen LogP contribution in [0.5, 0.6) is 0 Å². The zero-order chi connectivity index (χ0) is 14.0. The van der Waals surface area contributed by atoms with Crippen LogP contribution in [0.4, 0.5) is 0 Å². The lowest BCUT2D eigenvalue weighted by Gasteiger charge is -2.08. The van der Waals surface area contributed by atoms with Gasteiger partial charge in [0.1, 0.15) is 12.6 Å². The predicted molar refractivity (Wildman–Crippen MR) is 53.4 cm³/mol. The Morgan fingerprint density at radius 2 is 1.78 bits per heavy atom. The van der Waals surface area contributed by atoms with Gasteiger partial charge in [0.2, 0.25) is 0 Å². The van der Waals surface area contributed by atoms with Crippen LogP contribution in [-0.2, 0) is 23.9 Å². The van der Waals surface area contributed by atoms with Crippen molar-refractivity contribution in [2.75, 3.05) is 26.4 Å². The van der Waals surface area contributed by atoms with Crippen molar-refractivity contribution in [3.05, 3.63) is 0 Å². The average molecular weight is 268 g/mol. The van der Waals surface area contributed by atoms with Crippen LogP contribution >= 0.6 is 0 Å². The number of carbonyl (C=O) groups excluding carboxylic acids is 1. The van der Waals surface area contributed by atoms with Crippen molar-refractivity contribution in [3.63, 3.8) is 0 Å². The van der Waals surface area contributed by atoms with Crippen LogP contribution in [0, 0.1) is 0 Å². The van der Waals surface area contributed by atoms with Gasteiger partial charge >= 0.3 is 11.9 Å². The van der Waals surface area contributed by atoms with Crippen LogP contribution in [-0.4, -0.2) is 65.3 Å². The van der Waals surface area contributed by atoms with Gasteiger partial charge in [-0.15, -0.1) is 0 Å². The van der Waals surface area contributed by atoms with E-state index in [2.05, 4.69) is 9.57 Å². The molecule has 106 valence electrons. The van der Waals surface area contributed by atoms with Gasteiger partial charge in [0, 0.05) is 0 Å². The highest BCUT2D eigenvalue weighted by Gasteiger charge is 2.16. The summed E-state index contributed by atoms with van der Waals surface area (Å²) in [5.74, 6) is -2.01. The maximum absolute atomic E-state index is 11.0. The number of nitrogens with zero attached hydrogens (tertiary/aromatic N) is 1. The zero-order valence-electron chi connectivity index (χ0n) is 9.52. The van der Waals surface area contributed by atoms with Gasteiger partial charge < -0.3 is 20.3 Å². The van der Waals surface area contributed by atoms with E-state index < -0.39 is 29.8 Å². The van der Waals surface area contributed by atoms with Crippen LogP contribution < -0.4 is 5.73 Å². The van der Waals surface area contributed by atoms with E-state index in [0.29, 0.717) is 0 Å². The van der Waals surface area contributed by atoms with E-state index in [4.69, 9.17) is 26.0 Å². The maximum Gasteiger partial charge on any atom is 0.321 e. The molecule has 0 aromatic rings. The topological polar surface area (TPSA) is 152 Å². The van der Waals surface area contributed by atoms with Crippen molar-refractivity contribution in [1.82, 2.24) is 5.39 Å². The minimum Gasteiger partial charge on any atom is -0.480 e. The Bertz CT molecular complexity index is 259. The maximum atomic E-state index is 11.0. The number of rotatable bonds is 10. The normalized spacial score (nSPS) is 12.4. The fourth-order valence-electron chi connectivity index (χ4n) is 0.820. The minimum absolute atomic E-state index is 0.0593. The molecule has 0 heterocycles. The molecule has 0 aliphatic heterocycles. The molecule has 0 rings (SSSR count). The molecule has 1 atom stereocenters. The third kappa shape index (κ3) is 9.89. The van der Waals surface area contributed by atoms with Gasteiger partial charge in [-0.25, -0.2) is 4.84 Å². The third-order valence-corrected chi connectivity index (χ3v) is 1.63. The molecule has 0 spiro atoms. The largest absolute Gasteiger partial charge is 0.480 e. The summed E-state index contributed by atoms with van der Waals surface area (Å²) < 4.78 is 9.52. The summed E-state index contributed by atoms with van der Waals surface area (Å²) in [6, 6.07) is -1.29. The minimum atomic E-state index is -1.29. The van der Waals surface area contributed by atoms with E-state index in [1.165, 1.54) is 0 Å². The molecule has 0 aromatic carbocycles. The van der Waals surface area contributed by atoms with Gasteiger partial charge in [0.15, 0.2) is 0 Å². The molecule has 0 aromatic heterocycles. The second-order valence-corrected chi connectivity index (χ2v) is 3.07. The van der Waals surface area contributed by atoms with Gasteiger partial charge in [-0.2, -0.15) is 0 Å². The van der Waals surface area contributed by atoms with Crippen molar-refractivity contribution in [2.45, 2.75) is 12.5 Å². The highest BCUT2D eigenvalue weighted by Crippen LogP contribution is 1.92. The molecule has 10 nitrogen and oxygen atoms in total. The SMILES string of the molecule is NC(CC(=O)OCCOCCON(O)O)C(=O)O. The summed E-state index contributed by atoms with van der Waals surface area (Å²) in [4.78, 5) is 25.5. The number of ether oxygens (including phenoxy) is 2. The number of carboxylic acids is 1. The highest BCUT2D eigenvalue weighted by molar-refractivity contribution is 5.81. The molecule has 0 aliphatic carbocycles. The van der Waals surface area contributed by atoms with E-state index in [1.54, 1.807) is 0 Å². The Balaban J connectivity index is 3.38. The lowest BCUT2D eigenvalue weighted by atomic mass is 10.2. The van der Waals surface area contributed by atoms with Crippen LogP contribution in [0.2, 0.25) is 0 Å². The summed E-state index contributed by atoms with van der Waals surface area (Å²) in [6.07, 6.45) is -0.414. The van der Waals surface area contributed by atoms with Gasteiger partial charge in [-0.3, -0.25) is 20.0 Å². The molecule has 0 fully saturated rings. The molecule has 18 heavy (non-hydrogen) atoms. The Kier molecular flexibility index (Phi) is 9.00. The number of carbonyl (C=O) groups is 2. The van der Waals surface area contributed by atoms with Gasteiger partial charge in [-0.05, 0) is 0 Å². The van der Waals surface area contributed by atoms with Crippen molar-refractivity contribution in [2.24, 2.45) is 5.73 Å². The first-order valence-corrected chi connectivity index (χ1v) is 4.96. The summed E-state index contributed by atoms with van der Waals surface area (Å²) in [6.45, 7) is -0.0317. The lowest BCUT2D eigenvalue weighted by Crippen LogP contribution is -2.33. The summed E-state index contributed by atoms with van der Waals surface area (Å²) in [5, 5.41) is 24.3. The van der Waals surface area contributed by atoms with E-state index in [-0.39, 0.29) is 26.4 Å². The Labute approximate surface area is 102 Å². The first-order valence-electron chi connectivity index (χ1n) is 4.96. The molecule has 10 heteroatoms. The van der Waals surface area contributed by atoms with Gasteiger partial charge in [-0.1, -0.05) is 0 Å². The second-order valence-electron chi connectivity index (χ2n) is 3.07. The van der Waals surface area contributed by atoms with Crippen molar-refractivity contribution in [3.8, 4) is 0 Å². The summed E-state index contributed by atoms with van der Waals surface area (Å²) >= 11 is 0. The zero-order valence-corrected chi connectivity index (χ0v) is 9.52. The molecule has 0 aliphatic rings. The molecule has 0 bridgehead atoms. The molecule has 5 N–H and O–H groups in total. The molecular weight excluding hydrogens is 252 g/mol. The predicted octanol–water partition coefficient (Wildman–Crippen LogP) is -1.64. The highest BCUT2D eigenvalue weighted by atomic mass is 17.1. The smallest absolute Gasteiger partial charge is 0.321 e. The lowest BCUT2D eigenvalue weighted by molar-refractivity contribution is -0.493. The number of hydrogen-bond acceptors (Lipinski definition) is 9. The summed E-state index contributed by atoms with van der Waals surface area (Å²) in [5.41, 5.74) is 5.12. The van der Waals surface area contributed by atoms with E-state index in [9.17, 15) is 9.59 Å². The third-order valence-electron chi connectivity index (χ3n) is 1.63. The van der Waals surface area contributed by atoms with E-state index in [0.717, 1.165) is 0 Å². The fourth-order valence-corrected chi connectivity index (χ4v) is 0.820. The van der Waals surface area contributed by atoms with Crippen LogP contribution in [0.25, 0.3) is 0 Å². The van der Waals surface area contributed by atoms with Crippen molar-refractivity contribution < 1.29 is 39.4 Å². The van der Waals surface area contributed by atoms with E-state index in [1.807, 2.05) is 0 Å². The van der Waals surface area contributed by atoms with E-state index >= 15 is 0 Å². The fraction of sp³-hybridized carbons (Fsp3) is 0.750. The van der Waals surface area contributed by atoms with Crippen molar-refractivity contribution in [1.29, 1.82) is 0 Å². The van der Waals surface area contributed by atoms with Crippen LogP contribution in [0.15, 0.2) is 0 Å². The van der Waals surface area contributed by atoms with Gasteiger partial charge in [0.25, 0.3) is 0 Å². The Morgan fingerprint density at radius 3 is 2.33 bits per heavy atom. The van der Waals surface area contributed by atoms with Gasteiger partial charge in [0.05, 0.1) is 31.6 Å². The molecule has 0 amide bonds. The Morgan fingerprint density at radius 1 is 1.17 bits per heavy atom. The van der Waals surface area contributed by atoms with Crippen LogP contribution in [0.3, 0.4) is 0 Å². The number of esters is 1. The first kappa shape index (κ1) is 16.7. The molecule has 0 saturated carbocycles.